The number of alkyl halides is 3. The fourth-order valence-electron chi connectivity index (χ4n) is 5.42. The van der Waals surface area contributed by atoms with Crippen LogP contribution in [0.4, 0.5) is 24.7 Å². The topological polar surface area (TPSA) is 218 Å². The molecule has 0 bridgehead atoms. The smallest absolute Gasteiger partial charge is 0.475 e. The summed E-state index contributed by atoms with van der Waals surface area (Å²) < 4.78 is 33.1. The van der Waals surface area contributed by atoms with Gasteiger partial charge < -0.3 is 32.5 Å². The van der Waals surface area contributed by atoms with Crippen LogP contribution in [0.1, 0.15) is 81.8 Å². The second kappa shape index (κ2) is 18.5. The highest BCUT2D eigenvalue weighted by Gasteiger charge is 2.38. The number of carboxylic acids is 1. The first-order chi connectivity index (χ1) is 23.5. The van der Waals surface area contributed by atoms with E-state index in [4.69, 9.17) is 26.8 Å². The third kappa shape index (κ3) is 12.5. The Morgan fingerprint density at radius 1 is 1.04 bits per heavy atom. The molecule has 278 valence electrons. The van der Waals surface area contributed by atoms with E-state index < -0.39 is 17.7 Å². The van der Waals surface area contributed by atoms with Gasteiger partial charge in [-0.15, -0.1) is 0 Å². The summed E-state index contributed by atoms with van der Waals surface area (Å²) >= 11 is 0. The maximum Gasteiger partial charge on any atom is 0.490 e. The molecule has 1 heterocycles. The van der Waals surface area contributed by atoms with Crippen LogP contribution in [0, 0.1) is 11.3 Å². The van der Waals surface area contributed by atoms with Gasteiger partial charge in [-0.05, 0) is 63.3 Å². The number of hydrogen-bond donors (Lipinski definition) is 7. The Bertz CT molecular complexity index is 1740. The number of aliphatic carboxylic acids is 1. The highest BCUT2D eigenvalue weighted by atomic mass is 19.4. The van der Waals surface area contributed by atoms with E-state index in [1.165, 1.54) is 30.0 Å². The predicted octanol–water partition coefficient (Wildman–Crippen LogP) is 4.88. The molecule has 1 aliphatic rings. The van der Waals surface area contributed by atoms with Crippen LogP contribution in [-0.2, 0) is 22.7 Å². The number of amides is 2. The molecular weight excluding hydrogens is 669 g/mol. The standard InChI is InChI=1S/C32H42N8O3.C2HF3O2.CH4/c1-19(2)38-30-32(43)40(18-28(41)36-16-21-9-11-23(12-10-21)29(34)35)27(17-37-30)24-13-25(15-26(33)14-24)31(42)39-20(3)22-7-5-4-6-8-22;3-2(4,5)1(6)7;/h9-15,17,19-20,22H,4-8,16,18,33H2,1-3H3,(H3,34,35)(H,36,41)(H,37,38)(H,39,42);(H,6,7);1H4/t20-;;/m1../s1. The maximum atomic E-state index is 13.5. The number of amidine groups is 1. The summed E-state index contributed by atoms with van der Waals surface area (Å²) in [6.07, 6.45) is 2.23. The van der Waals surface area contributed by atoms with E-state index in [1.54, 1.807) is 42.5 Å². The van der Waals surface area contributed by atoms with Gasteiger partial charge in [-0.25, -0.2) is 9.78 Å². The normalized spacial score (nSPS) is 13.5. The number of hydrogen-bond acceptors (Lipinski definition) is 8. The Hall–Kier alpha value is -5.41. The molecule has 0 unspecified atom stereocenters. The third-order valence-corrected chi connectivity index (χ3v) is 8.01. The third-order valence-electron chi connectivity index (χ3n) is 8.01. The number of carbonyl (C=O) groups excluding carboxylic acids is 2. The second-order valence-corrected chi connectivity index (χ2v) is 12.4. The molecule has 0 radical (unpaired) electrons. The molecule has 0 saturated heterocycles. The first kappa shape index (κ1) is 41.8. The van der Waals surface area contributed by atoms with Crippen molar-refractivity contribution in [1.82, 2.24) is 20.2 Å². The molecule has 9 N–H and O–H groups in total. The molecule has 16 heteroatoms. The highest BCUT2D eigenvalue weighted by Crippen LogP contribution is 2.27. The summed E-state index contributed by atoms with van der Waals surface area (Å²) in [5.74, 6) is -2.85. The number of nitrogens with two attached hydrogens (primary N) is 2. The van der Waals surface area contributed by atoms with Crippen molar-refractivity contribution in [1.29, 1.82) is 5.41 Å². The van der Waals surface area contributed by atoms with Crippen LogP contribution in [0.5, 0.6) is 0 Å². The molecule has 1 saturated carbocycles. The summed E-state index contributed by atoms with van der Waals surface area (Å²) in [5, 5.41) is 23.7. The van der Waals surface area contributed by atoms with Gasteiger partial charge in [0.15, 0.2) is 5.82 Å². The van der Waals surface area contributed by atoms with Crippen molar-refractivity contribution in [3.05, 3.63) is 75.7 Å². The molecule has 0 spiro atoms. The number of rotatable bonds is 11. The molecule has 4 rings (SSSR count). The van der Waals surface area contributed by atoms with Crippen LogP contribution in [0.2, 0.25) is 0 Å². The van der Waals surface area contributed by atoms with Crippen LogP contribution in [-0.4, -0.2) is 56.5 Å². The lowest BCUT2D eigenvalue weighted by molar-refractivity contribution is -0.192. The average Bonchev–Trinajstić information content (AvgIpc) is 3.05. The summed E-state index contributed by atoms with van der Waals surface area (Å²) in [5.41, 5.74) is 14.3. The maximum absolute atomic E-state index is 13.5. The van der Waals surface area contributed by atoms with E-state index >= 15 is 0 Å². The number of anilines is 2. The van der Waals surface area contributed by atoms with Crippen molar-refractivity contribution >= 4 is 35.1 Å². The number of halogens is 3. The molecule has 1 aliphatic carbocycles. The molecule has 3 aromatic rings. The van der Waals surface area contributed by atoms with Gasteiger partial charge in [-0.1, -0.05) is 51.0 Å². The SMILES string of the molecule is C.CC(C)Nc1ncc(-c2cc(N)cc(C(=O)N[C@H](C)C3CCCCC3)c2)n(CC(=O)NCc2ccc(C(=N)N)cc2)c1=O.O=C(O)C(F)(F)F. The number of carboxylic acid groups (broad SMARTS) is 1. The van der Waals surface area contributed by atoms with Gasteiger partial charge in [0.05, 0.1) is 11.9 Å². The molecule has 1 fully saturated rings. The van der Waals surface area contributed by atoms with Crippen molar-refractivity contribution in [2.75, 3.05) is 11.1 Å². The second-order valence-electron chi connectivity index (χ2n) is 12.4. The molecule has 1 aromatic heterocycles. The van der Waals surface area contributed by atoms with Gasteiger partial charge in [0, 0.05) is 41.0 Å². The lowest BCUT2D eigenvalue weighted by atomic mass is 9.84. The van der Waals surface area contributed by atoms with Crippen molar-refractivity contribution < 1.29 is 32.7 Å². The lowest BCUT2D eigenvalue weighted by Gasteiger charge is -2.28. The minimum atomic E-state index is -5.08. The summed E-state index contributed by atoms with van der Waals surface area (Å²) in [4.78, 5) is 53.2. The monoisotopic (exact) mass is 716 g/mol. The molecular formula is C35H47F3N8O5. The molecule has 0 aliphatic heterocycles. The fraction of sp³-hybridized carbons (Fsp3) is 0.429. The number of nitrogen functional groups attached to an aromatic ring is 2. The molecule has 2 amide bonds. The Morgan fingerprint density at radius 2 is 1.65 bits per heavy atom. The zero-order valence-electron chi connectivity index (χ0n) is 28.1. The van der Waals surface area contributed by atoms with E-state index in [0.717, 1.165) is 18.4 Å². The summed E-state index contributed by atoms with van der Waals surface area (Å²) in [7, 11) is 0. The number of nitrogens with zero attached hydrogens (tertiary/aromatic N) is 2. The Balaban J connectivity index is 0.00000102. The lowest BCUT2D eigenvalue weighted by Crippen LogP contribution is -2.39. The molecule has 2 aromatic carbocycles. The van der Waals surface area contributed by atoms with Gasteiger partial charge >= 0.3 is 12.1 Å². The minimum absolute atomic E-state index is 0. The molecule has 51 heavy (non-hydrogen) atoms. The zero-order chi connectivity index (χ0) is 37.2. The molecule has 13 nitrogen and oxygen atoms in total. The number of nitrogens with one attached hydrogen (secondary N) is 4. The van der Waals surface area contributed by atoms with Crippen LogP contribution in [0.25, 0.3) is 11.3 Å². The fourth-order valence-corrected chi connectivity index (χ4v) is 5.42. The Labute approximate surface area is 294 Å². The van der Waals surface area contributed by atoms with E-state index in [1.807, 2.05) is 20.8 Å². The van der Waals surface area contributed by atoms with Crippen molar-refractivity contribution in [3.8, 4) is 11.3 Å². The van der Waals surface area contributed by atoms with E-state index in [2.05, 4.69) is 20.9 Å². The number of aromatic nitrogens is 2. The first-order valence-corrected chi connectivity index (χ1v) is 16.0. The van der Waals surface area contributed by atoms with Crippen LogP contribution >= 0.6 is 0 Å². The van der Waals surface area contributed by atoms with Crippen molar-refractivity contribution in [2.45, 2.75) is 91.7 Å². The number of carbonyl (C=O) groups is 3. The quantitative estimate of drug-likeness (QED) is 0.0816. The zero-order valence-corrected chi connectivity index (χ0v) is 28.1. The number of benzene rings is 2. The van der Waals surface area contributed by atoms with Crippen LogP contribution in [0.3, 0.4) is 0 Å². The summed E-state index contributed by atoms with van der Waals surface area (Å²) in [6, 6.07) is 11.9. The van der Waals surface area contributed by atoms with Crippen LogP contribution < -0.4 is 33.0 Å². The average molecular weight is 717 g/mol. The minimum Gasteiger partial charge on any atom is -0.475 e. The van der Waals surface area contributed by atoms with Gasteiger partial charge in [0.2, 0.25) is 5.91 Å². The molecule has 1 atom stereocenters. The van der Waals surface area contributed by atoms with E-state index in [-0.39, 0.29) is 56.1 Å². The van der Waals surface area contributed by atoms with Crippen molar-refractivity contribution in [2.24, 2.45) is 11.7 Å². The highest BCUT2D eigenvalue weighted by molar-refractivity contribution is 5.97. The van der Waals surface area contributed by atoms with Crippen LogP contribution in [0.15, 0.2) is 53.5 Å². The largest absolute Gasteiger partial charge is 0.490 e. The van der Waals surface area contributed by atoms with Gasteiger partial charge in [0.25, 0.3) is 11.5 Å². The van der Waals surface area contributed by atoms with Gasteiger partial charge in [-0.3, -0.25) is 24.4 Å². The van der Waals surface area contributed by atoms with Gasteiger partial charge in [0.1, 0.15) is 12.4 Å². The summed E-state index contributed by atoms with van der Waals surface area (Å²) in [6.45, 7) is 5.77. The van der Waals surface area contributed by atoms with Gasteiger partial charge in [-0.2, -0.15) is 13.2 Å². The predicted molar refractivity (Wildman–Crippen MR) is 190 cm³/mol. The first-order valence-electron chi connectivity index (χ1n) is 16.0. The van der Waals surface area contributed by atoms with E-state index in [0.29, 0.717) is 34.0 Å². The van der Waals surface area contributed by atoms with Crippen molar-refractivity contribution in [3.63, 3.8) is 0 Å². The Kier molecular flexibility index (Phi) is 15.2. The van der Waals surface area contributed by atoms with E-state index in [9.17, 15) is 27.6 Å². The Morgan fingerprint density at radius 3 is 2.20 bits per heavy atom.